The Kier molecular flexibility index (Phi) is 7.21. The molecular weight excluding hydrogens is 542 g/mol. The van der Waals surface area contributed by atoms with Crippen molar-refractivity contribution < 1.29 is 0 Å². The van der Waals surface area contributed by atoms with Gasteiger partial charge in [0.25, 0.3) is 0 Å². The first-order valence-corrected chi connectivity index (χ1v) is 15.8. The second-order valence-corrected chi connectivity index (χ2v) is 13.3. The number of imidazole rings is 1. The minimum Gasteiger partial charge on any atom is -0.382 e. The van der Waals surface area contributed by atoms with Crippen LogP contribution in [0.15, 0.2) is 48.5 Å². The van der Waals surface area contributed by atoms with Gasteiger partial charge in [-0.15, -0.1) is 0 Å². The third-order valence-electron chi connectivity index (χ3n) is 7.76. The molecule has 2 aromatic carbocycles. The average molecular weight is 584 g/mol. The summed E-state index contributed by atoms with van der Waals surface area (Å²) in [6, 6.07) is 16.4. The van der Waals surface area contributed by atoms with Gasteiger partial charge in [-0.05, 0) is 36.1 Å². The number of rotatable bonds is 9. The lowest BCUT2D eigenvalue weighted by atomic mass is 10.1. The van der Waals surface area contributed by atoms with E-state index in [1.807, 2.05) is 36.0 Å². The van der Waals surface area contributed by atoms with E-state index < -0.39 is 5.12 Å². The minimum atomic E-state index is -0.712. The Morgan fingerprint density at radius 2 is 1.50 bits per heavy atom. The Hall–Kier alpha value is -3.92. The molecule has 10 heteroatoms. The molecule has 0 aliphatic carbocycles. The summed E-state index contributed by atoms with van der Waals surface area (Å²) in [4.78, 5) is 19.5. The molecule has 1 unspecified atom stereocenters. The van der Waals surface area contributed by atoms with E-state index in [9.17, 15) is 0 Å². The molecule has 3 aromatic heterocycles. The zero-order chi connectivity index (χ0) is 29.8. The molecule has 9 nitrogen and oxygen atoms in total. The first kappa shape index (κ1) is 28.2. The van der Waals surface area contributed by atoms with E-state index in [4.69, 9.17) is 26.4 Å². The molecule has 0 saturated heterocycles. The maximum Gasteiger partial charge on any atom is 0.243 e. The molecule has 0 fully saturated rings. The van der Waals surface area contributed by atoms with Crippen LogP contribution in [0.4, 0.5) is 29.0 Å². The Bertz CT molecular complexity index is 1780. The van der Waals surface area contributed by atoms with E-state index >= 15 is 0 Å². The maximum absolute atomic E-state index is 6.69. The van der Waals surface area contributed by atoms with Crippen LogP contribution in [0.2, 0.25) is 0 Å². The van der Waals surface area contributed by atoms with Crippen molar-refractivity contribution in [3.63, 3.8) is 0 Å². The lowest BCUT2D eigenvalue weighted by Gasteiger charge is -2.46. The molecule has 0 amide bonds. The fourth-order valence-corrected chi connectivity index (χ4v) is 7.34. The van der Waals surface area contributed by atoms with Gasteiger partial charge in [0.2, 0.25) is 11.1 Å². The summed E-state index contributed by atoms with van der Waals surface area (Å²) in [5, 5.41) is 5.32. The summed E-state index contributed by atoms with van der Waals surface area (Å²) in [6.07, 6.45) is 1.02. The van der Waals surface area contributed by atoms with Crippen LogP contribution in [0.1, 0.15) is 41.0 Å². The van der Waals surface area contributed by atoms with Crippen LogP contribution < -0.4 is 26.6 Å². The number of hydrogen-bond acceptors (Lipinski definition) is 9. The number of nitrogens with zero attached hydrogens (tertiary/aromatic N) is 6. The molecule has 0 bridgehead atoms. The molecule has 1 atom stereocenters. The van der Waals surface area contributed by atoms with E-state index in [0.717, 1.165) is 75.4 Å². The van der Waals surface area contributed by atoms with Crippen molar-refractivity contribution in [1.82, 2.24) is 19.5 Å². The Morgan fingerprint density at radius 1 is 0.881 bits per heavy atom. The largest absolute Gasteiger partial charge is 0.382 e. The number of aromatic nitrogens is 4. The van der Waals surface area contributed by atoms with E-state index in [2.05, 4.69) is 85.6 Å². The van der Waals surface area contributed by atoms with E-state index in [1.54, 1.807) is 0 Å². The van der Waals surface area contributed by atoms with Crippen LogP contribution in [0.25, 0.3) is 32.8 Å². The number of para-hydroxylation sites is 2. The first-order chi connectivity index (χ1) is 20.2. The van der Waals surface area contributed by atoms with E-state index in [0.29, 0.717) is 23.5 Å². The van der Waals surface area contributed by atoms with E-state index in [1.165, 1.54) is 0 Å². The molecule has 5 N–H and O–H groups in total. The summed E-state index contributed by atoms with van der Waals surface area (Å²) in [7, 11) is 2.13. The van der Waals surface area contributed by atoms with E-state index in [-0.39, 0.29) is 0 Å². The van der Waals surface area contributed by atoms with Gasteiger partial charge in [-0.3, -0.25) is 4.90 Å². The van der Waals surface area contributed by atoms with Gasteiger partial charge in [-0.2, -0.15) is 0 Å². The quantitative estimate of drug-likeness (QED) is 0.162. The molecule has 6 rings (SSSR count). The highest BCUT2D eigenvalue weighted by Gasteiger charge is 2.51. The van der Waals surface area contributed by atoms with Crippen LogP contribution in [-0.2, 0) is 6.54 Å². The smallest absolute Gasteiger partial charge is 0.243 e. The van der Waals surface area contributed by atoms with Crippen molar-refractivity contribution >= 4 is 73.6 Å². The normalized spacial score (nSPS) is 16.7. The van der Waals surface area contributed by atoms with Gasteiger partial charge in [0, 0.05) is 30.9 Å². The number of fused-ring (bicyclic) bond motifs is 6. The number of hydrogen-bond donors (Lipinski definition) is 3. The van der Waals surface area contributed by atoms with Crippen molar-refractivity contribution in [3.8, 4) is 0 Å². The zero-order valence-corrected chi connectivity index (χ0v) is 26.2. The number of nitrogens with one attached hydrogen (secondary N) is 1. The number of nitrogen functional groups attached to an aromatic ring is 2. The lowest BCUT2D eigenvalue weighted by molar-refractivity contribution is 0.503. The van der Waals surface area contributed by atoms with Crippen molar-refractivity contribution in [2.24, 2.45) is 11.8 Å². The van der Waals surface area contributed by atoms with Crippen molar-refractivity contribution in [2.45, 2.75) is 52.7 Å². The minimum absolute atomic E-state index is 0.381. The summed E-state index contributed by atoms with van der Waals surface area (Å²) in [6.45, 7) is 12.8. The number of nitrogens with two attached hydrogens (primary N) is 2. The van der Waals surface area contributed by atoms with Gasteiger partial charge < -0.3 is 26.3 Å². The first-order valence-electron chi connectivity index (χ1n) is 14.8. The summed E-state index contributed by atoms with van der Waals surface area (Å²) >= 11 is 1.86. The molecular formula is C32H41N9S. The predicted molar refractivity (Wildman–Crippen MR) is 180 cm³/mol. The van der Waals surface area contributed by atoms with Gasteiger partial charge in [0.1, 0.15) is 17.0 Å². The maximum atomic E-state index is 6.69. The van der Waals surface area contributed by atoms with Gasteiger partial charge in [0.05, 0.1) is 22.2 Å². The Morgan fingerprint density at radius 3 is 2.17 bits per heavy atom. The topological polar surface area (TPSA) is 114 Å². The van der Waals surface area contributed by atoms with Crippen LogP contribution in [0.3, 0.4) is 0 Å². The standard InChI is InChI=1S/C32H41N9S/c1-7-16-42-32(38-26-28(41(32)18-20(4)5)22-13-9-11-15-24(22)36-30(26)34)39(6)31-37-25-27(40(31)17-19(2)3)21-12-8-10-14-23(21)35-29(25)33/h8-15,19-20,38H,7,16-18H2,1-6H3,(H2,33,35)(H2,34,36). The van der Waals surface area contributed by atoms with Crippen molar-refractivity contribution in [1.29, 1.82) is 0 Å². The molecule has 220 valence electrons. The summed E-state index contributed by atoms with van der Waals surface area (Å²) < 4.78 is 2.33. The van der Waals surface area contributed by atoms with Crippen LogP contribution in [0.5, 0.6) is 0 Å². The third-order valence-corrected chi connectivity index (χ3v) is 9.38. The molecule has 0 saturated carbocycles. The average Bonchev–Trinajstić information content (AvgIpc) is 3.49. The van der Waals surface area contributed by atoms with Crippen LogP contribution >= 0.6 is 11.8 Å². The molecule has 5 aromatic rings. The van der Waals surface area contributed by atoms with Crippen molar-refractivity contribution in [2.75, 3.05) is 45.9 Å². The number of pyridine rings is 2. The van der Waals surface area contributed by atoms with Gasteiger partial charge in [-0.25, -0.2) is 15.0 Å². The molecule has 42 heavy (non-hydrogen) atoms. The summed E-state index contributed by atoms with van der Waals surface area (Å²) in [5.74, 6) is 3.47. The van der Waals surface area contributed by atoms with Gasteiger partial charge >= 0.3 is 0 Å². The number of benzene rings is 2. The van der Waals surface area contributed by atoms with Gasteiger partial charge in [0.15, 0.2) is 5.82 Å². The fraction of sp³-hybridized carbons (Fsp3) is 0.406. The lowest BCUT2D eigenvalue weighted by Crippen LogP contribution is -2.61. The molecule has 1 aliphatic heterocycles. The Labute approximate surface area is 251 Å². The third kappa shape index (κ3) is 4.43. The van der Waals surface area contributed by atoms with Crippen LogP contribution in [0, 0.1) is 11.8 Å². The second kappa shape index (κ2) is 10.7. The predicted octanol–water partition coefficient (Wildman–Crippen LogP) is 6.73. The highest BCUT2D eigenvalue weighted by Crippen LogP contribution is 2.53. The highest BCUT2D eigenvalue weighted by atomic mass is 32.2. The monoisotopic (exact) mass is 583 g/mol. The number of thioether (sulfide) groups is 1. The zero-order valence-electron chi connectivity index (χ0n) is 25.3. The SMILES string of the molecule is CCCSC1(N(C)c2nc3c(N)nc4ccccc4c3n2CC(C)C)Nc2c(N)nc3ccccc3c2N1CC(C)C. The highest BCUT2D eigenvalue weighted by molar-refractivity contribution is 8.01. The fourth-order valence-electron chi connectivity index (χ4n) is 6.08. The Balaban J connectivity index is 1.63. The van der Waals surface area contributed by atoms with Crippen molar-refractivity contribution in [3.05, 3.63) is 48.5 Å². The summed E-state index contributed by atoms with van der Waals surface area (Å²) in [5.41, 5.74) is 18.7. The second-order valence-electron chi connectivity index (χ2n) is 12.0. The molecule has 0 radical (unpaired) electrons. The molecule has 0 spiro atoms. The van der Waals surface area contributed by atoms with Gasteiger partial charge in [-0.1, -0.05) is 82.8 Å². The van der Waals surface area contributed by atoms with Crippen LogP contribution in [-0.4, -0.2) is 44.0 Å². The molecule has 4 heterocycles. The molecule has 1 aliphatic rings. The number of anilines is 5.